The molecule has 0 aromatic carbocycles. The van der Waals surface area contributed by atoms with Crippen LogP contribution in [0.5, 0.6) is 0 Å². The van der Waals surface area contributed by atoms with E-state index in [4.69, 9.17) is 10.2 Å². The van der Waals surface area contributed by atoms with E-state index in [9.17, 15) is 9.59 Å². The first-order valence-corrected chi connectivity index (χ1v) is 5.31. The first-order chi connectivity index (χ1) is 7.90. The predicted octanol–water partition coefficient (Wildman–Crippen LogP) is 1.14. The van der Waals surface area contributed by atoms with Gasteiger partial charge in [0.25, 0.3) is 0 Å². The smallest absolute Gasteiger partial charge is 0.358 e. The number of aromatic nitrogens is 3. The van der Waals surface area contributed by atoms with Crippen LogP contribution in [0.1, 0.15) is 55.3 Å². The number of aliphatic carboxylic acids is 1. The molecule has 0 spiro atoms. The molecule has 0 amide bonds. The molecule has 0 saturated carbocycles. The first kappa shape index (κ1) is 13.1. The van der Waals surface area contributed by atoms with E-state index in [1.165, 1.54) is 4.68 Å². The minimum absolute atomic E-state index is 0.163. The lowest BCUT2D eigenvalue weighted by atomic mass is 10.1. The highest BCUT2D eigenvalue weighted by molar-refractivity contribution is 5.86. The van der Waals surface area contributed by atoms with Crippen LogP contribution in [-0.2, 0) is 4.79 Å². The topological polar surface area (TPSA) is 105 Å². The van der Waals surface area contributed by atoms with E-state index < -0.39 is 18.0 Å². The maximum Gasteiger partial charge on any atom is 0.358 e. The Balaban J connectivity index is 3.34. The van der Waals surface area contributed by atoms with Gasteiger partial charge in [-0.3, -0.25) is 0 Å². The Kier molecular flexibility index (Phi) is 3.82. The summed E-state index contributed by atoms with van der Waals surface area (Å²) in [6, 6.07) is -0.881. The quantitative estimate of drug-likeness (QED) is 0.800. The molecule has 1 heterocycles. The number of carboxylic acids is 2. The largest absolute Gasteiger partial charge is 0.480 e. The summed E-state index contributed by atoms with van der Waals surface area (Å²) in [5, 5.41) is 25.2. The average Bonchev–Trinajstić information content (AvgIpc) is 2.62. The van der Waals surface area contributed by atoms with Gasteiger partial charge in [-0.25, -0.2) is 14.3 Å². The van der Waals surface area contributed by atoms with Crippen LogP contribution in [-0.4, -0.2) is 37.1 Å². The van der Waals surface area contributed by atoms with Crippen LogP contribution >= 0.6 is 0 Å². The second-order valence-electron chi connectivity index (χ2n) is 3.99. The van der Waals surface area contributed by atoms with Gasteiger partial charge >= 0.3 is 11.9 Å². The molecular formula is C10H15N3O4. The van der Waals surface area contributed by atoms with Gasteiger partial charge in [0.15, 0.2) is 11.7 Å². The molecule has 0 aliphatic rings. The number of rotatable bonds is 5. The number of carboxylic acid groups (broad SMARTS) is 2. The van der Waals surface area contributed by atoms with Crippen molar-refractivity contribution in [3.8, 4) is 0 Å². The molecule has 1 rings (SSSR count). The highest BCUT2D eigenvalue weighted by Crippen LogP contribution is 2.22. The third-order valence-corrected chi connectivity index (χ3v) is 2.45. The zero-order valence-corrected chi connectivity index (χ0v) is 9.91. The van der Waals surface area contributed by atoms with Crippen LogP contribution in [0.4, 0.5) is 0 Å². The van der Waals surface area contributed by atoms with Crippen LogP contribution < -0.4 is 0 Å². The summed E-state index contributed by atoms with van der Waals surface area (Å²) >= 11 is 0. The van der Waals surface area contributed by atoms with Gasteiger partial charge in [0.05, 0.1) is 5.69 Å². The highest BCUT2D eigenvalue weighted by atomic mass is 16.4. The van der Waals surface area contributed by atoms with Crippen molar-refractivity contribution >= 4 is 11.9 Å². The first-order valence-electron chi connectivity index (χ1n) is 5.31. The Morgan fingerprint density at radius 3 is 2.29 bits per heavy atom. The van der Waals surface area contributed by atoms with Gasteiger partial charge in [0.2, 0.25) is 0 Å². The molecule has 1 atom stereocenters. The van der Waals surface area contributed by atoms with Crippen molar-refractivity contribution in [3.63, 3.8) is 0 Å². The number of aromatic carboxylic acids is 1. The Hall–Kier alpha value is -1.92. The van der Waals surface area contributed by atoms with Crippen molar-refractivity contribution < 1.29 is 19.8 Å². The van der Waals surface area contributed by atoms with Crippen LogP contribution in [0, 0.1) is 0 Å². The van der Waals surface area contributed by atoms with Gasteiger partial charge in [-0.15, -0.1) is 5.10 Å². The maximum absolute atomic E-state index is 11.0. The van der Waals surface area contributed by atoms with Crippen molar-refractivity contribution in [2.45, 2.75) is 39.2 Å². The molecule has 7 nitrogen and oxygen atoms in total. The molecule has 94 valence electrons. The zero-order chi connectivity index (χ0) is 13.2. The van der Waals surface area contributed by atoms with Crippen molar-refractivity contribution in [3.05, 3.63) is 11.4 Å². The minimum atomic E-state index is -1.19. The highest BCUT2D eigenvalue weighted by Gasteiger charge is 2.28. The minimum Gasteiger partial charge on any atom is -0.480 e. The van der Waals surface area contributed by atoms with E-state index >= 15 is 0 Å². The van der Waals surface area contributed by atoms with Crippen LogP contribution in [0.2, 0.25) is 0 Å². The van der Waals surface area contributed by atoms with Crippen molar-refractivity contribution in [1.82, 2.24) is 15.0 Å². The molecule has 0 aliphatic heterocycles. The number of hydrogen-bond donors (Lipinski definition) is 2. The number of carbonyl (C=O) groups is 2. The second-order valence-corrected chi connectivity index (χ2v) is 3.99. The summed E-state index contributed by atoms with van der Waals surface area (Å²) in [4.78, 5) is 22.0. The summed E-state index contributed by atoms with van der Waals surface area (Å²) in [6.07, 6.45) is 0.317. The Bertz CT molecular complexity index is 439. The maximum atomic E-state index is 11.0. The fourth-order valence-corrected chi connectivity index (χ4v) is 1.67. The summed E-state index contributed by atoms with van der Waals surface area (Å²) in [5.41, 5.74) is 0.159. The molecule has 1 aromatic heterocycles. The van der Waals surface area contributed by atoms with Gasteiger partial charge in [-0.05, 0) is 12.3 Å². The number of hydrogen-bond acceptors (Lipinski definition) is 4. The lowest BCUT2D eigenvalue weighted by Crippen LogP contribution is -2.22. The summed E-state index contributed by atoms with van der Waals surface area (Å²) < 4.78 is 1.19. The van der Waals surface area contributed by atoms with Crippen LogP contribution in [0.25, 0.3) is 0 Å². The van der Waals surface area contributed by atoms with Crippen molar-refractivity contribution in [2.75, 3.05) is 0 Å². The second kappa shape index (κ2) is 4.94. The van der Waals surface area contributed by atoms with E-state index in [-0.39, 0.29) is 11.6 Å². The number of nitrogens with zero attached hydrogens (tertiary/aromatic N) is 3. The summed E-state index contributed by atoms with van der Waals surface area (Å²) in [6.45, 7) is 5.25. The molecule has 0 aliphatic carbocycles. The summed E-state index contributed by atoms with van der Waals surface area (Å²) in [5.74, 6) is -2.40. The van der Waals surface area contributed by atoms with Gasteiger partial charge < -0.3 is 10.2 Å². The van der Waals surface area contributed by atoms with E-state index in [0.29, 0.717) is 12.1 Å². The SMILES string of the molecule is CCC(C(=O)O)n1nnc(C(=O)O)c1C(C)C. The molecule has 17 heavy (non-hydrogen) atoms. The van der Waals surface area contributed by atoms with Gasteiger partial charge in [-0.2, -0.15) is 0 Å². The predicted molar refractivity (Wildman–Crippen MR) is 58.0 cm³/mol. The van der Waals surface area contributed by atoms with Crippen molar-refractivity contribution in [1.29, 1.82) is 0 Å². The fourth-order valence-electron chi connectivity index (χ4n) is 1.67. The molecule has 1 aromatic rings. The molecule has 7 heteroatoms. The third-order valence-electron chi connectivity index (χ3n) is 2.45. The lowest BCUT2D eigenvalue weighted by Gasteiger charge is -2.15. The van der Waals surface area contributed by atoms with E-state index in [0.717, 1.165) is 0 Å². The lowest BCUT2D eigenvalue weighted by molar-refractivity contribution is -0.141. The van der Waals surface area contributed by atoms with Gasteiger partial charge in [0.1, 0.15) is 0 Å². The molecule has 0 fully saturated rings. The monoisotopic (exact) mass is 241 g/mol. The third kappa shape index (κ3) is 2.43. The Morgan fingerprint density at radius 2 is 1.94 bits per heavy atom. The van der Waals surface area contributed by atoms with E-state index in [1.54, 1.807) is 20.8 Å². The Morgan fingerprint density at radius 1 is 1.35 bits per heavy atom. The molecule has 0 radical (unpaired) electrons. The van der Waals surface area contributed by atoms with Crippen molar-refractivity contribution in [2.24, 2.45) is 0 Å². The van der Waals surface area contributed by atoms with E-state index in [1.807, 2.05) is 0 Å². The van der Waals surface area contributed by atoms with Gasteiger partial charge in [-0.1, -0.05) is 26.0 Å². The summed E-state index contributed by atoms with van der Waals surface area (Å²) in [7, 11) is 0. The molecule has 1 unspecified atom stereocenters. The molecule has 2 N–H and O–H groups in total. The molecule has 0 saturated heterocycles. The average molecular weight is 241 g/mol. The van der Waals surface area contributed by atoms with Gasteiger partial charge in [0, 0.05) is 0 Å². The van der Waals surface area contributed by atoms with Crippen LogP contribution in [0.15, 0.2) is 0 Å². The normalized spacial score (nSPS) is 12.7. The van der Waals surface area contributed by atoms with Crippen LogP contribution in [0.3, 0.4) is 0 Å². The Labute approximate surface area is 98.1 Å². The standard InChI is InChI=1S/C10H15N3O4/c1-4-6(9(14)15)13-8(5(2)3)7(10(16)17)11-12-13/h5-6H,4H2,1-3H3,(H,14,15)(H,16,17). The molecule has 0 bridgehead atoms. The zero-order valence-electron chi connectivity index (χ0n) is 9.91. The molecular weight excluding hydrogens is 226 g/mol. The van der Waals surface area contributed by atoms with E-state index in [2.05, 4.69) is 10.3 Å². The fraction of sp³-hybridized carbons (Fsp3) is 0.600.